The monoisotopic (exact) mass is 312 g/mol. The Morgan fingerprint density at radius 1 is 1.17 bits per heavy atom. The first-order valence-corrected chi connectivity index (χ1v) is 7.67. The van der Waals surface area contributed by atoms with Gasteiger partial charge in [-0.25, -0.2) is 0 Å². The van der Waals surface area contributed by atoms with Crippen LogP contribution in [0.4, 0.5) is 0 Å². The largest absolute Gasteiger partial charge is 0.496 e. The van der Waals surface area contributed by atoms with Crippen LogP contribution in [0.25, 0.3) is 0 Å². The number of ether oxygens (including phenoxy) is 1. The molecule has 0 bridgehead atoms. The summed E-state index contributed by atoms with van der Waals surface area (Å²) in [5, 5.41) is 3.02. The molecule has 0 aliphatic rings. The molecule has 0 aliphatic carbocycles. The summed E-state index contributed by atoms with van der Waals surface area (Å²) in [4.78, 5) is 14.4. The van der Waals surface area contributed by atoms with E-state index in [-0.39, 0.29) is 11.9 Å². The normalized spacial score (nSPS) is 12.0. The molecule has 0 aliphatic heterocycles. The van der Waals surface area contributed by atoms with E-state index >= 15 is 0 Å². The SMILES string of the molecule is COc1ccccc1[C@@H](CNC(=O)c1cccc(C)c1)N(C)C. The number of aryl methyl sites for hydroxylation is 1. The molecule has 0 fully saturated rings. The summed E-state index contributed by atoms with van der Waals surface area (Å²) in [6, 6.07) is 15.5. The smallest absolute Gasteiger partial charge is 0.251 e. The van der Waals surface area contributed by atoms with Gasteiger partial charge >= 0.3 is 0 Å². The van der Waals surface area contributed by atoms with Crippen molar-refractivity contribution in [1.82, 2.24) is 10.2 Å². The van der Waals surface area contributed by atoms with E-state index < -0.39 is 0 Å². The van der Waals surface area contributed by atoms with Crippen LogP contribution in [-0.4, -0.2) is 38.6 Å². The van der Waals surface area contributed by atoms with Gasteiger partial charge in [0.15, 0.2) is 0 Å². The first kappa shape index (κ1) is 17.0. The van der Waals surface area contributed by atoms with Crippen molar-refractivity contribution in [3.8, 4) is 5.75 Å². The quantitative estimate of drug-likeness (QED) is 0.891. The predicted molar refractivity (Wildman–Crippen MR) is 92.9 cm³/mol. The number of carbonyl (C=O) groups is 1. The molecule has 23 heavy (non-hydrogen) atoms. The van der Waals surface area contributed by atoms with Gasteiger partial charge < -0.3 is 15.0 Å². The number of amides is 1. The maximum atomic E-state index is 12.3. The lowest BCUT2D eigenvalue weighted by Gasteiger charge is -2.26. The van der Waals surface area contributed by atoms with Gasteiger partial charge in [0.2, 0.25) is 0 Å². The molecule has 1 N–H and O–H groups in total. The number of para-hydroxylation sites is 1. The maximum absolute atomic E-state index is 12.3. The molecule has 1 atom stereocenters. The van der Waals surface area contributed by atoms with E-state index in [1.54, 1.807) is 7.11 Å². The molecule has 2 aromatic carbocycles. The molecule has 0 radical (unpaired) electrons. The zero-order valence-corrected chi connectivity index (χ0v) is 14.2. The minimum absolute atomic E-state index is 0.0416. The fraction of sp³-hybridized carbons (Fsp3) is 0.316. The molecular formula is C19H24N2O2. The van der Waals surface area contributed by atoms with Gasteiger partial charge in [0.05, 0.1) is 13.2 Å². The van der Waals surface area contributed by atoms with Gasteiger partial charge in [0.25, 0.3) is 5.91 Å². The van der Waals surface area contributed by atoms with Crippen molar-refractivity contribution in [3.05, 3.63) is 65.2 Å². The van der Waals surface area contributed by atoms with Crippen LogP contribution in [0.3, 0.4) is 0 Å². The van der Waals surface area contributed by atoms with Crippen LogP contribution in [0.5, 0.6) is 5.75 Å². The van der Waals surface area contributed by atoms with Gasteiger partial charge in [-0.3, -0.25) is 4.79 Å². The van der Waals surface area contributed by atoms with Crippen LogP contribution in [0.2, 0.25) is 0 Å². The van der Waals surface area contributed by atoms with Gasteiger partial charge in [-0.15, -0.1) is 0 Å². The van der Waals surface area contributed by atoms with E-state index in [0.29, 0.717) is 12.1 Å². The average Bonchev–Trinajstić information content (AvgIpc) is 2.55. The molecule has 0 saturated heterocycles. The number of nitrogens with one attached hydrogen (secondary N) is 1. The standard InChI is InChI=1S/C19H24N2O2/c1-14-8-7-9-15(12-14)19(22)20-13-17(21(2)3)16-10-5-6-11-18(16)23-4/h5-12,17H,13H2,1-4H3,(H,20,22)/t17-/m1/s1. The number of carbonyl (C=O) groups excluding carboxylic acids is 1. The molecular weight excluding hydrogens is 288 g/mol. The molecule has 4 nitrogen and oxygen atoms in total. The molecule has 0 unspecified atom stereocenters. The second-order valence-electron chi connectivity index (χ2n) is 5.80. The van der Waals surface area contributed by atoms with Crippen molar-refractivity contribution in [3.63, 3.8) is 0 Å². The van der Waals surface area contributed by atoms with Crippen LogP contribution in [0.15, 0.2) is 48.5 Å². The predicted octanol–water partition coefficient (Wildman–Crippen LogP) is 3.04. The Hall–Kier alpha value is -2.33. The van der Waals surface area contributed by atoms with Crippen molar-refractivity contribution < 1.29 is 9.53 Å². The lowest BCUT2D eigenvalue weighted by atomic mass is 10.0. The summed E-state index contributed by atoms with van der Waals surface area (Å²) in [6.45, 7) is 2.49. The first-order valence-electron chi connectivity index (χ1n) is 7.67. The molecule has 2 aromatic rings. The minimum Gasteiger partial charge on any atom is -0.496 e. The summed E-state index contributed by atoms with van der Waals surface area (Å²) in [7, 11) is 5.66. The van der Waals surface area contributed by atoms with Crippen LogP contribution in [-0.2, 0) is 0 Å². The lowest BCUT2D eigenvalue weighted by molar-refractivity contribution is 0.0941. The van der Waals surface area contributed by atoms with Crippen molar-refractivity contribution >= 4 is 5.91 Å². The minimum atomic E-state index is -0.0598. The number of methoxy groups -OCH3 is 1. The molecule has 0 spiro atoms. The number of hydrogen-bond acceptors (Lipinski definition) is 3. The van der Waals surface area contributed by atoms with Crippen LogP contribution >= 0.6 is 0 Å². The number of hydrogen-bond donors (Lipinski definition) is 1. The number of likely N-dealkylation sites (N-methyl/N-ethyl adjacent to an activating group) is 1. The zero-order valence-electron chi connectivity index (χ0n) is 14.2. The third-order valence-electron chi connectivity index (χ3n) is 3.86. The van der Waals surface area contributed by atoms with Gasteiger partial charge in [-0.05, 0) is 39.2 Å². The fourth-order valence-corrected chi connectivity index (χ4v) is 2.59. The van der Waals surface area contributed by atoms with E-state index in [0.717, 1.165) is 16.9 Å². The summed E-state index contributed by atoms with van der Waals surface area (Å²) >= 11 is 0. The highest BCUT2D eigenvalue weighted by molar-refractivity contribution is 5.94. The second-order valence-corrected chi connectivity index (χ2v) is 5.80. The van der Waals surface area contributed by atoms with E-state index in [1.165, 1.54) is 0 Å². The Labute approximate surface area is 138 Å². The molecule has 2 rings (SSSR count). The van der Waals surface area contributed by atoms with Gasteiger partial charge in [0.1, 0.15) is 5.75 Å². The molecule has 1 amide bonds. The average molecular weight is 312 g/mol. The highest BCUT2D eigenvalue weighted by Gasteiger charge is 2.19. The molecule has 0 aromatic heterocycles. The Kier molecular flexibility index (Phi) is 5.77. The summed E-state index contributed by atoms with van der Waals surface area (Å²) < 4.78 is 5.44. The first-order chi connectivity index (χ1) is 11.0. The number of benzene rings is 2. The van der Waals surface area contributed by atoms with Crippen LogP contribution in [0, 0.1) is 6.92 Å². The second kappa shape index (κ2) is 7.79. The van der Waals surface area contributed by atoms with Gasteiger partial charge in [0, 0.05) is 17.7 Å². The van der Waals surface area contributed by atoms with Gasteiger partial charge in [-0.2, -0.15) is 0 Å². The third-order valence-corrected chi connectivity index (χ3v) is 3.86. The Morgan fingerprint density at radius 3 is 2.57 bits per heavy atom. The Morgan fingerprint density at radius 2 is 1.91 bits per heavy atom. The van der Waals surface area contributed by atoms with Crippen molar-refractivity contribution in [2.75, 3.05) is 27.7 Å². The molecule has 0 heterocycles. The number of rotatable bonds is 6. The topological polar surface area (TPSA) is 41.6 Å². The summed E-state index contributed by atoms with van der Waals surface area (Å²) in [5.74, 6) is 0.770. The number of nitrogens with zero attached hydrogens (tertiary/aromatic N) is 1. The van der Waals surface area contributed by atoms with E-state index in [4.69, 9.17) is 4.74 Å². The zero-order chi connectivity index (χ0) is 16.8. The highest BCUT2D eigenvalue weighted by atomic mass is 16.5. The summed E-state index contributed by atoms with van der Waals surface area (Å²) in [6.07, 6.45) is 0. The van der Waals surface area contributed by atoms with Crippen molar-refractivity contribution in [1.29, 1.82) is 0 Å². The lowest BCUT2D eigenvalue weighted by Crippen LogP contribution is -2.34. The summed E-state index contributed by atoms with van der Waals surface area (Å²) in [5.41, 5.74) is 2.82. The van der Waals surface area contributed by atoms with Crippen molar-refractivity contribution in [2.24, 2.45) is 0 Å². The Bertz CT molecular complexity index is 668. The fourth-order valence-electron chi connectivity index (χ4n) is 2.59. The molecule has 4 heteroatoms. The highest BCUT2D eigenvalue weighted by Crippen LogP contribution is 2.27. The third kappa shape index (κ3) is 4.33. The maximum Gasteiger partial charge on any atom is 0.251 e. The van der Waals surface area contributed by atoms with E-state index in [1.807, 2.05) is 69.6 Å². The Balaban J connectivity index is 2.13. The van der Waals surface area contributed by atoms with Crippen LogP contribution < -0.4 is 10.1 Å². The van der Waals surface area contributed by atoms with Crippen LogP contribution in [0.1, 0.15) is 27.5 Å². The molecule has 0 saturated carbocycles. The van der Waals surface area contributed by atoms with E-state index in [9.17, 15) is 4.79 Å². The molecule has 122 valence electrons. The van der Waals surface area contributed by atoms with E-state index in [2.05, 4.69) is 10.2 Å². The van der Waals surface area contributed by atoms with Gasteiger partial charge in [-0.1, -0.05) is 35.9 Å². The van der Waals surface area contributed by atoms with Crippen molar-refractivity contribution in [2.45, 2.75) is 13.0 Å².